The van der Waals surface area contributed by atoms with Crippen molar-refractivity contribution in [3.8, 4) is 0 Å². The monoisotopic (exact) mass is 296 g/mol. The molecule has 8 nitrogen and oxygen atoms in total. The van der Waals surface area contributed by atoms with E-state index in [0.717, 1.165) is 11.4 Å². The standard InChI is InChI=1S/C12H18N4O2.CH2O2/c1-7-4-8(2)14-12(13-7)15-9-5-10(11(17)18)16(3)6-9;2-1-3/h4,9-10H,5-6H2,1-3H3,(H,17,18)(H,13,14,15);1H,(H,2,3)/t9-,10+;/m1./s1. The maximum atomic E-state index is 11.0. The molecule has 1 fully saturated rings. The highest BCUT2D eigenvalue weighted by molar-refractivity contribution is 5.74. The Hall–Kier alpha value is -2.22. The summed E-state index contributed by atoms with van der Waals surface area (Å²) in [5.41, 5.74) is 1.82. The Morgan fingerprint density at radius 3 is 2.38 bits per heavy atom. The smallest absolute Gasteiger partial charge is 0.320 e. The molecule has 0 unspecified atom stereocenters. The van der Waals surface area contributed by atoms with Crippen LogP contribution in [0.2, 0.25) is 0 Å². The zero-order valence-electron chi connectivity index (χ0n) is 12.3. The normalized spacial score (nSPS) is 21.3. The zero-order chi connectivity index (χ0) is 16.0. The van der Waals surface area contributed by atoms with Crippen molar-refractivity contribution in [3.63, 3.8) is 0 Å². The maximum Gasteiger partial charge on any atom is 0.320 e. The van der Waals surface area contributed by atoms with Gasteiger partial charge in [0.05, 0.1) is 0 Å². The molecule has 0 aromatic carbocycles. The van der Waals surface area contributed by atoms with Crippen molar-refractivity contribution < 1.29 is 19.8 Å². The van der Waals surface area contributed by atoms with Crippen LogP contribution in [0.25, 0.3) is 0 Å². The molecule has 1 aromatic heterocycles. The van der Waals surface area contributed by atoms with Crippen LogP contribution in [0, 0.1) is 13.8 Å². The van der Waals surface area contributed by atoms with Gasteiger partial charge in [-0.15, -0.1) is 0 Å². The summed E-state index contributed by atoms with van der Waals surface area (Å²) in [6, 6.07) is 1.57. The van der Waals surface area contributed by atoms with Crippen LogP contribution in [-0.2, 0) is 9.59 Å². The molecule has 0 spiro atoms. The van der Waals surface area contributed by atoms with Crippen LogP contribution < -0.4 is 5.32 Å². The summed E-state index contributed by atoms with van der Waals surface area (Å²) in [6.07, 6.45) is 0.572. The van der Waals surface area contributed by atoms with Gasteiger partial charge in [0.1, 0.15) is 6.04 Å². The number of rotatable bonds is 3. The highest BCUT2D eigenvalue weighted by Gasteiger charge is 2.34. The van der Waals surface area contributed by atoms with Crippen LogP contribution in [0.4, 0.5) is 5.95 Å². The number of hydrogen-bond donors (Lipinski definition) is 3. The van der Waals surface area contributed by atoms with Crippen molar-refractivity contribution in [1.29, 1.82) is 0 Å². The van der Waals surface area contributed by atoms with E-state index in [4.69, 9.17) is 15.0 Å². The number of likely N-dealkylation sites (N-methyl/N-ethyl adjacent to an activating group) is 1. The first-order valence-corrected chi connectivity index (χ1v) is 6.47. The molecule has 2 heterocycles. The largest absolute Gasteiger partial charge is 0.483 e. The Balaban J connectivity index is 0.000000677. The summed E-state index contributed by atoms with van der Waals surface area (Å²) >= 11 is 0. The Morgan fingerprint density at radius 1 is 1.43 bits per heavy atom. The summed E-state index contributed by atoms with van der Waals surface area (Å²) in [5.74, 6) is -0.194. The minimum Gasteiger partial charge on any atom is -0.483 e. The molecule has 8 heteroatoms. The number of hydrogen-bond acceptors (Lipinski definition) is 6. The van der Waals surface area contributed by atoms with E-state index in [9.17, 15) is 4.79 Å². The lowest BCUT2D eigenvalue weighted by molar-refractivity contribution is -0.141. The van der Waals surface area contributed by atoms with Gasteiger partial charge in [-0.05, 0) is 33.4 Å². The van der Waals surface area contributed by atoms with Gasteiger partial charge in [-0.2, -0.15) is 0 Å². The first-order chi connectivity index (χ1) is 9.87. The van der Waals surface area contributed by atoms with E-state index in [1.807, 2.05) is 31.9 Å². The average molecular weight is 296 g/mol. The highest BCUT2D eigenvalue weighted by Crippen LogP contribution is 2.19. The minimum atomic E-state index is -0.775. The summed E-state index contributed by atoms with van der Waals surface area (Å²) in [5, 5.41) is 19.2. The van der Waals surface area contributed by atoms with Gasteiger partial charge in [0.15, 0.2) is 0 Å². The van der Waals surface area contributed by atoms with Crippen LogP contribution in [0.1, 0.15) is 17.8 Å². The number of carboxylic acid groups (broad SMARTS) is 2. The fourth-order valence-corrected chi connectivity index (χ4v) is 2.37. The van der Waals surface area contributed by atoms with E-state index in [-0.39, 0.29) is 12.5 Å². The number of nitrogens with one attached hydrogen (secondary N) is 1. The number of aliphatic carboxylic acids is 1. The molecule has 0 saturated carbocycles. The van der Waals surface area contributed by atoms with E-state index < -0.39 is 12.0 Å². The quantitative estimate of drug-likeness (QED) is 0.685. The van der Waals surface area contributed by atoms with E-state index in [0.29, 0.717) is 18.9 Å². The van der Waals surface area contributed by atoms with Gasteiger partial charge in [-0.25, -0.2) is 9.97 Å². The molecule has 1 saturated heterocycles. The van der Waals surface area contributed by atoms with Gasteiger partial charge >= 0.3 is 5.97 Å². The lowest BCUT2D eigenvalue weighted by Gasteiger charge is -2.13. The number of anilines is 1. The topological polar surface area (TPSA) is 116 Å². The molecular formula is C13H20N4O4. The summed E-state index contributed by atoms with van der Waals surface area (Å²) in [7, 11) is 1.82. The third-order valence-corrected chi connectivity index (χ3v) is 3.15. The molecule has 1 aliphatic heterocycles. The van der Waals surface area contributed by atoms with Crippen LogP contribution >= 0.6 is 0 Å². The molecule has 3 N–H and O–H groups in total. The Bertz CT molecular complexity index is 489. The molecule has 1 aromatic rings. The second-order valence-corrected chi connectivity index (χ2v) is 4.95. The van der Waals surface area contributed by atoms with Gasteiger partial charge in [0.25, 0.3) is 6.47 Å². The van der Waals surface area contributed by atoms with Gasteiger partial charge in [-0.1, -0.05) is 0 Å². The van der Waals surface area contributed by atoms with Crippen molar-refractivity contribution in [2.45, 2.75) is 32.4 Å². The third-order valence-electron chi connectivity index (χ3n) is 3.15. The van der Waals surface area contributed by atoms with E-state index in [1.54, 1.807) is 0 Å². The first-order valence-electron chi connectivity index (χ1n) is 6.47. The zero-order valence-corrected chi connectivity index (χ0v) is 12.3. The Labute approximate surface area is 122 Å². The molecule has 21 heavy (non-hydrogen) atoms. The summed E-state index contributed by atoms with van der Waals surface area (Å²) in [4.78, 5) is 29.8. The number of carbonyl (C=O) groups is 2. The predicted molar refractivity (Wildman–Crippen MR) is 76.3 cm³/mol. The second-order valence-electron chi connectivity index (χ2n) is 4.95. The van der Waals surface area contributed by atoms with Crippen LogP contribution in [0.5, 0.6) is 0 Å². The molecule has 0 radical (unpaired) electrons. The molecular weight excluding hydrogens is 276 g/mol. The second kappa shape index (κ2) is 7.53. The SMILES string of the molecule is Cc1cc(C)nc(N[C@@H]2C[C@@H](C(=O)O)N(C)C2)n1.O=CO. The summed E-state index contributed by atoms with van der Waals surface area (Å²) in [6.45, 7) is 4.27. The molecule has 2 atom stereocenters. The van der Waals surface area contributed by atoms with Gasteiger partial charge < -0.3 is 15.5 Å². The summed E-state index contributed by atoms with van der Waals surface area (Å²) < 4.78 is 0. The first kappa shape index (κ1) is 16.8. The molecule has 1 aliphatic rings. The number of aromatic nitrogens is 2. The van der Waals surface area contributed by atoms with Crippen molar-refractivity contribution in [1.82, 2.24) is 14.9 Å². The van der Waals surface area contributed by atoms with Crippen molar-refractivity contribution in [2.75, 3.05) is 18.9 Å². The fourth-order valence-electron chi connectivity index (χ4n) is 2.37. The molecule has 2 rings (SSSR count). The van der Waals surface area contributed by atoms with Crippen LogP contribution in [0.15, 0.2) is 6.07 Å². The number of likely N-dealkylation sites (tertiary alicyclic amines) is 1. The predicted octanol–water partition coefficient (Wildman–Crippen LogP) is 0.363. The number of nitrogens with zero attached hydrogens (tertiary/aromatic N) is 3. The lowest BCUT2D eigenvalue weighted by Crippen LogP contribution is -2.32. The average Bonchev–Trinajstić information content (AvgIpc) is 2.69. The van der Waals surface area contributed by atoms with Crippen molar-refractivity contribution >= 4 is 18.4 Å². The fraction of sp³-hybridized carbons (Fsp3) is 0.538. The number of carboxylic acids is 1. The van der Waals surface area contributed by atoms with Crippen molar-refractivity contribution in [2.24, 2.45) is 0 Å². The molecule has 116 valence electrons. The Morgan fingerprint density at radius 2 is 1.95 bits per heavy atom. The highest BCUT2D eigenvalue weighted by atomic mass is 16.4. The van der Waals surface area contributed by atoms with E-state index in [1.165, 1.54) is 0 Å². The Kier molecular flexibility index (Phi) is 6.04. The van der Waals surface area contributed by atoms with Crippen LogP contribution in [0.3, 0.4) is 0 Å². The van der Waals surface area contributed by atoms with E-state index in [2.05, 4.69) is 15.3 Å². The maximum absolute atomic E-state index is 11.0. The third kappa shape index (κ3) is 4.99. The van der Waals surface area contributed by atoms with Crippen LogP contribution in [-0.4, -0.2) is 63.2 Å². The molecule has 0 bridgehead atoms. The lowest BCUT2D eigenvalue weighted by atomic mass is 10.2. The van der Waals surface area contributed by atoms with Gasteiger partial charge in [0, 0.05) is 24.0 Å². The van der Waals surface area contributed by atoms with Gasteiger partial charge in [-0.3, -0.25) is 14.5 Å². The number of aryl methyl sites for hydroxylation is 2. The molecule has 0 aliphatic carbocycles. The van der Waals surface area contributed by atoms with Gasteiger partial charge in [0.2, 0.25) is 5.95 Å². The van der Waals surface area contributed by atoms with Crippen molar-refractivity contribution in [3.05, 3.63) is 17.5 Å². The minimum absolute atomic E-state index is 0.0808. The molecule has 0 amide bonds. The van der Waals surface area contributed by atoms with E-state index >= 15 is 0 Å².